The van der Waals surface area contributed by atoms with Crippen LogP contribution in [0.25, 0.3) is 0 Å². The number of nitrogens with zero attached hydrogens (tertiary/aromatic N) is 1. The maximum absolute atomic E-state index is 10.9. The number of hydrogen-bond acceptors (Lipinski definition) is 8. The Morgan fingerprint density at radius 3 is 2.36 bits per heavy atom. The highest BCUT2D eigenvalue weighted by Gasteiger charge is 2.44. The minimum Gasteiger partial charge on any atom is -0.462 e. The lowest BCUT2D eigenvalue weighted by molar-refractivity contribution is -0.261. The summed E-state index contributed by atoms with van der Waals surface area (Å²) in [6.45, 7) is 0. The summed E-state index contributed by atoms with van der Waals surface area (Å²) in [5, 5.41) is 31.9. The van der Waals surface area contributed by atoms with E-state index in [1.807, 2.05) is 0 Å². The number of ether oxygens (including phenoxy) is 2. The Kier molecular flexibility index (Phi) is 6.59. The molecule has 0 saturated carbocycles. The largest absolute Gasteiger partial charge is 0.462 e. The third-order valence-corrected chi connectivity index (χ3v) is 3.99. The summed E-state index contributed by atoms with van der Waals surface area (Å²) in [4.78, 5) is 21.5. The van der Waals surface area contributed by atoms with Crippen LogP contribution >= 0.6 is 19.8 Å². The molecule has 1 saturated heterocycles. The van der Waals surface area contributed by atoms with Gasteiger partial charge >= 0.3 is 7.60 Å². The molecule has 0 unspecified atom stereocenters. The van der Waals surface area contributed by atoms with Crippen LogP contribution in [0.2, 0.25) is 0 Å². The van der Waals surface area contributed by atoms with E-state index in [0.29, 0.717) is 11.5 Å². The van der Waals surface area contributed by atoms with Crippen LogP contribution in [0.3, 0.4) is 0 Å². The van der Waals surface area contributed by atoms with Crippen molar-refractivity contribution < 1.29 is 39.1 Å². The van der Waals surface area contributed by atoms with E-state index < -0.39 is 38.3 Å². The molecule has 11 heteroatoms. The van der Waals surface area contributed by atoms with Gasteiger partial charge in [-0.15, -0.1) is 0 Å². The van der Waals surface area contributed by atoms with Crippen LogP contribution in [0.5, 0.6) is 5.75 Å². The average Bonchev–Trinajstić information content (AvgIpc) is 2.55. The first-order valence-corrected chi connectivity index (χ1v) is 9.09. The molecule has 1 aliphatic rings. The van der Waals surface area contributed by atoms with Crippen LogP contribution in [-0.2, 0) is 9.30 Å². The summed E-state index contributed by atoms with van der Waals surface area (Å²) in [6.07, 6.45) is -6.54. The molecule has 1 heterocycles. The van der Waals surface area contributed by atoms with E-state index in [9.17, 15) is 19.9 Å². The Morgan fingerprint density at radius 2 is 1.80 bits per heavy atom. The fourth-order valence-electron chi connectivity index (χ4n) is 2.11. The van der Waals surface area contributed by atoms with Gasteiger partial charge in [-0.3, -0.25) is 4.57 Å². The first-order valence-electron chi connectivity index (χ1n) is 7.00. The van der Waals surface area contributed by atoms with Gasteiger partial charge in [-0.05, 0) is 42.6 Å². The molecular weight excluding hydrogens is 373 g/mol. The molecule has 1 aliphatic heterocycles. The highest BCUT2D eigenvalue weighted by molar-refractivity contribution is 7.78. The number of aliphatic hydroxyl groups is 3. The van der Waals surface area contributed by atoms with Gasteiger partial charge in [0.25, 0.3) is 0 Å². The quantitative estimate of drug-likeness (QED) is 0.272. The normalized spacial score (nSPS) is 30.0. The Hall–Kier alpha value is -1.45. The van der Waals surface area contributed by atoms with E-state index in [-0.39, 0.29) is 5.75 Å². The van der Waals surface area contributed by atoms with Gasteiger partial charge < -0.3 is 34.6 Å². The smallest absolute Gasteiger partial charge is 0.348 e. The minimum absolute atomic E-state index is 0.272. The van der Waals surface area contributed by atoms with Gasteiger partial charge in [0.1, 0.15) is 30.2 Å². The second-order valence-electron chi connectivity index (χ2n) is 5.19. The van der Waals surface area contributed by atoms with Crippen molar-refractivity contribution in [2.24, 2.45) is 4.99 Å². The molecular formula is C14H16NO8PS. The van der Waals surface area contributed by atoms with Crippen molar-refractivity contribution in [2.45, 2.75) is 30.7 Å². The zero-order valence-electron chi connectivity index (χ0n) is 12.6. The van der Waals surface area contributed by atoms with E-state index in [4.69, 9.17) is 19.3 Å². The van der Waals surface area contributed by atoms with Gasteiger partial charge in [0.05, 0.1) is 10.8 Å². The number of benzene rings is 1. The number of aliphatic imine (C=N–C) groups is 1. The van der Waals surface area contributed by atoms with Crippen molar-refractivity contribution >= 4 is 30.7 Å². The molecule has 5 atom stereocenters. The molecule has 25 heavy (non-hydrogen) atoms. The van der Waals surface area contributed by atoms with E-state index >= 15 is 0 Å². The molecule has 2 rings (SSSR count). The van der Waals surface area contributed by atoms with Crippen molar-refractivity contribution in [2.75, 3.05) is 0 Å². The van der Waals surface area contributed by atoms with Gasteiger partial charge in [0, 0.05) is 5.82 Å². The van der Waals surface area contributed by atoms with Gasteiger partial charge in [-0.1, -0.05) is 0 Å². The summed E-state index contributed by atoms with van der Waals surface area (Å²) in [6, 6.07) is 6.17. The molecule has 0 bridgehead atoms. The second kappa shape index (κ2) is 8.29. The fourth-order valence-corrected chi connectivity index (χ4v) is 2.61. The summed E-state index contributed by atoms with van der Waals surface area (Å²) in [7, 11) is -4.47. The molecule has 0 aromatic heterocycles. The highest BCUT2D eigenvalue weighted by atomic mass is 32.1. The van der Waals surface area contributed by atoms with Crippen LogP contribution in [-0.4, -0.2) is 61.0 Å². The molecule has 5 N–H and O–H groups in total. The third kappa shape index (κ3) is 5.52. The lowest BCUT2D eigenvalue weighted by Gasteiger charge is -2.39. The predicted molar refractivity (Wildman–Crippen MR) is 89.6 cm³/mol. The molecule has 1 fully saturated rings. The Morgan fingerprint density at radius 1 is 1.16 bits per heavy atom. The molecule has 136 valence electrons. The lowest BCUT2D eigenvalue weighted by Crippen LogP contribution is -2.58. The summed E-state index contributed by atoms with van der Waals surface area (Å²) in [5.41, 5.74) is 0.533. The van der Waals surface area contributed by atoms with Gasteiger partial charge in [-0.25, -0.2) is 0 Å². The van der Waals surface area contributed by atoms with Crippen molar-refractivity contribution in [3.63, 3.8) is 0 Å². The standard InChI is InChI=1S/C14H16NO8PS/c16-11-10(5-6-24(19,20)21)23-14(13(18)12(11)17)22-9-3-1-8(2-4-9)15-7-25/h1-6,10-14,16-18H,(H2,19,20,21)/b6-5+/t10-,11-,12+,13+,14+/m1/s1. The molecule has 0 spiro atoms. The Balaban J connectivity index is 2.14. The SMILES string of the molecule is O=P(O)(O)/C=C/[C@H]1O[C@H](Oc2ccc(N=C=S)cc2)[C@@H](O)[C@@H](O)[C@@H]1O. The summed E-state index contributed by atoms with van der Waals surface area (Å²) < 4.78 is 21.6. The van der Waals surface area contributed by atoms with E-state index in [2.05, 4.69) is 22.4 Å². The summed E-state index contributed by atoms with van der Waals surface area (Å²) >= 11 is 4.49. The van der Waals surface area contributed by atoms with Crippen LogP contribution in [0.4, 0.5) is 5.69 Å². The fraction of sp³-hybridized carbons (Fsp3) is 0.357. The number of isothiocyanates is 1. The molecule has 0 amide bonds. The summed E-state index contributed by atoms with van der Waals surface area (Å²) in [5.74, 6) is 0.814. The second-order valence-corrected chi connectivity index (χ2v) is 6.85. The molecule has 1 aromatic carbocycles. The molecule has 0 radical (unpaired) electrons. The van der Waals surface area contributed by atoms with E-state index in [1.54, 1.807) is 12.1 Å². The zero-order chi connectivity index (χ0) is 18.6. The number of hydrogen-bond donors (Lipinski definition) is 5. The maximum Gasteiger partial charge on any atom is 0.348 e. The predicted octanol–water partition coefficient (Wildman–Crippen LogP) is 0.299. The van der Waals surface area contributed by atoms with Gasteiger partial charge in [0.15, 0.2) is 0 Å². The van der Waals surface area contributed by atoms with Crippen LogP contribution in [0.1, 0.15) is 0 Å². The van der Waals surface area contributed by atoms with Crippen LogP contribution in [0.15, 0.2) is 41.2 Å². The topological polar surface area (TPSA) is 149 Å². The first kappa shape index (κ1) is 19.9. The average molecular weight is 389 g/mol. The Bertz CT molecular complexity index is 714. The van der Waals surface area contributed by atoms with Crippen LogP contribution < -0.4 is 4.74 Å². The third-order valence-electron chi connectivity index (χ3n) is 3.34. The van der Waals surface area contributed by atoms with Crippen molar-refractivity contribution in [1.82, 2.24) is 0 Å². The monoisotopic (exact) mass is 389 g/mol. The van der Waals surface area contributed by atoms with Crippen molar-refractivity contribution in [3.05, 3.63) is 36.2 Å². The van der Waals surface area contributed by atoms with E-state index in [0.717, 1.165) is 6.08 Å². The number of thiocarbonyl (C=S) groups is 1. The number of aliphatic hydroxyl groups excluding tert-OH is 3. The van der Waals surface area contributed by atoms with Crippen molar-refractivity contribution in [1.29, 1.82) is 0 Å². The maximum atomic E-state index is 10.9. The Labute approximate surface area is 148 Å². The number of rotatable bonds is 5. The van der Waals surface area contributed by atoms with Crippen molar-refractivity contribution in [3.8, 4) is 5.75 Å². The first-order chi connectivity index (χ1) is 11.7. The van der Waals surface area contributed by atoms with Gasteiger partial charge in [0.2, 0.25) is 6.29 Å². The molecule has 9 nitrogen and oxygen atoms in total. The zero-order valence-corrected chi connectivity index (χ0v) is 14.3. The van der Waals surface area contributed by atoms with Crippen LogP contribution in [0, 0.1) is 0 Å². The highest BCUT2D eigenvalue weighted by Crippen LogP contribution is 2.37. The van der Waals surface area contributed by atoms with E-state index in [1.165, 1.54) is 12.1 Å². The van der Waals surface area contributed by atoms with Gasteiger partial charge in [-0.2, -0.15) is 4.99 Å². The molecule has 0 aliphatic carbocycles. The molecule has 1 aromatic rings. The minimum atomic E-state index is -4.47. The lowest BCUT2D eigenvalue weighted by atomic mass is 9.99.